The van der Waals surface area contributed by atoms with E-state index in [4.69, 9.17) is 9.47 Å². The van der Waals surface area contributed by atoms with Gasteiger partial charge in [0.05, 0.1) is 0 Å². The standard InChI is InChI=1S/C16H21BrO3/c1-11-5-7-12(8-6-11)9-16(10-17)13(18)19-14(20-16)15(2,3)4/h5-8,14H,9-10H2,1-4H3/t14-,16+/m1/s1. The van der Waals surface area contributed by atoms with E-state index in [1.165, 1.54) is 5.56 Å². The molecule has 0 aromatic heterocycles. The van der Waals surface area contributed by atoms with E-state index in [9.17, 15) is 4.79 Å². The number of alkyl halides is 1. The van der Waals surface area contributed by atoms with Crippen molar-refractivity contribution in [2.75, 3.05) is 5.33 Å². The van der Waals surface area contributed by atoms with Gasteiger partial charge in [0, 0.05) is 17.2 Å². The molecule has 0 unspecified atom stereocenters. The molecule has 4 heteroatoms. The Kier molecular flexibility index (Phi) is 4.26. The van der Waals surface area contributed by atoms with Crippen LogP contribution in [0.1, 0.15) is 31.9 Å². The molecule has 1 aromatic rings. The second kappa shape index (κ2) is 5.49. The molecular weight excluding hydrogens is 320 g/mol. The minimum atomic E-state index is -0.923. The van der Waals surface area contributed by atoms with Crippen molar-refractivity contribution in [3.05, 3.63) is 35.4 Å². The lowest BCUT2D eigenvalue weighted by Crippen LogP contribution is -2.41. The zero-order chi connectivity index (χ0) is 15.0. The predicted octanol–water partition coefficient (Wildman–Crippen LogP) is 3.62. The Labute approximate surface area is 128 Å². The Morgan fingerprint density at radius 1 is 1.25 bits per heavy atom. The van der Waals surface area contributed by atoms with Crippen LogP contribution in [-0.2, 0) is 20.7 Å². The van der Waals surface area contributed by atoms with Crippen LogP contribution in [0.5, 0.6) is 0 Å². The Morgan fingerprint density at radius 3 is 2.30 bits per heavy atom. The molecule has 0 aliphatic carbocycles. The number of esters is 1. The summed E-state index contributed by atoms with van der Waals surface area (Å²) in [6.45, 7) is 8.05. The molecule has 1 aliphatic rings. The van der Waals surface area contributed by atoms with Crippen molar-refractivity contribution >= 4 is 21.9 Å². The van der Waals surface area contributed by atoms with Crippen molar-refractivity contribution < 1.29 is 14.3 Å². The molecule has 0 bridgehead atoms. The molecule has 0 amide bonds. The highest BCUT2D eigenvalue weighted by Gasteiger charge is 2.52. The van der Waals surface area contributed by atoms with E-state index in [1.807, 2.05) is 52.0 Å². The van der Waals surface area contributed by atoms with Gasteiger partial charge in [0.2, 0.25) is 6.29 Å². The van der Waals surface area contributed by atoms with Crippen molar-refractivity contribution in [2.24, 2.45) is 5.41 Å². The third kappa shape index (κ3) is 3.07. The lowest BCUT2D eigenvalue weighted by molar-refractivity contribution is -0.155. The lowest BCUT2D eigenvalue weighted by Gasteiger charge is -2.27. The summed E-state index contributed by atoms with van der Waals surface area (Å²) in [6, 6.07) is 8.14. The number of carbonyl (C=O) groups excluding carboxylic acids is 1. The first-order valence-electron chi connectivity index (χ1n) is 6.77. The molecule has 1 fully saturated rings. The number of cyclic esters (lactones) is 1. The van der Waals surface area contributed by atoms with E-state index >= 15 is 0 Å². The van der Waals surface area contributed by atoms with Crippen LogP contribution in [0.3, 0.4) is 0 Å². The molecule has 2 atom stereocenters. The predicted molar refractivity (Wildman–Crippen MR) is 81.8 cm³/mol. The van der Waals surface area contributed by atoms with E-state index in [0.717, 1.165) is 5.56 Å². The first-order valence-corrected chi connectivity index (χ1v) is 7.89. The Balaban J connectivity index is 2.22. The molecule has 0 saturated carbocycles. The van der Waals surface area contributed by atoms with E-state index in [1.54, 1.807) is 0 Å². The maximum Gasteiger partial charge on any atom is 0.342 e. The highest BCUT2D eigenvalue weighted by atomic mass is 79.9. The van der Waals surface area contributed by atoms with Gasteiger partial charge in [0.1, 0.15) is 0 Å². The van der Waals surface area contributed by atoms with Crippen LogP contribution in [0, 0.1) is 12.3 Å². The van der Waals surface area contributed by atoms with E-state index in [0.29, 0.717) is 11.8 Å². The quantitative estimate of drug-likeness (QED) is 0.622. The molecule has 0 N–H and O–H groups in total. The summed E-state index contributed by atoms with van der Waals surface area (Å²) >= 11 is 3.41. The zero-order valence-electron chi connectivity index (χ0n) is 12.4. The number of ether oxygens (including phenoxy) is 2. The number of hydrogen-bond acceptors (Lipinski definition) is 3. The smallest absolute Gasteiger partial charge is 0.342 e. The molecule has 20 heavy (non-hydrogen) atoms. The van der Waals surface area contributed by atoms with Gasteiger partial charge in [0.25, 0.3) is 0 Å². The van der Waals surface area contributed by atoms with Crippen molar-refractivity contribution in [3.63, 3.8) is 0 Å². The van der Waals surface area contributed by atoms with Crippen LogP contribution in [0.4, 0.5) is 0 Å². The number of hydrogen-bond donors (Lipinski definition) is 0. The number of aryl methyl sites for hydroxylation is 1. The molecule has 2 rings (SSSR count). The van der Waals surface area contributed by atoms with Gasteiger partial charge in [-0.25, -0.2) is 4.79 Å². The number of halogens is 1. The molecule has 0 radical (unpaired) electrons. The Hall–Kier alpha value is -0.870. The van der Waals surface area contributed by atoms with Gasteiger partial charge in [0.15, 0.2) is 5.60 Å². The topological polar surface area (TPSA) is 35.5 Å². The van der Waals surface area contributed by atoms with Crippen LogP contribution in [0.2, 0.25) is 0 Å². The minimum Gasteiger partial charge on any atom is -0.433 e. The molecule has 1 heterocycles. The Bertz CT molecular complexity index is 489. The number of benzene rings is 1. The minimum absolute atomic E-state index is 0.229. The van der Waals surface area contributed by atoms with Crippen LogP contribution in [0.25, 0.3) is 0 Å². The van der Waals surface area contributed by atoms with Crippen molar-refractivity contribution in [3.8, 4) is 0 Å². The maximum absolute atomic E-state index is 12.3. The highest BCUT2D eigenvalue weighted by Crippen LogP contribution is 2.37. The van der Waals surface area contributed by atoms with Crippen LogP contribution in [0.15, 0.2) is 24.3 Å². The van der Waals surface area contributed by atoms with Crippen LogP contribution >= 0.6 is 15.9 Å². The summed E-state index contributed by atoms with van der Waals surface area (Å²) in [5, 5.41) is 0.430. The third-order valence-electron chi connectivity index (χ3n) is 3.45. The highest BCUT2D eigenvalue weighted by molar-refractivity contribution is 9.09. The van der Waals surface area contributed by atoms with E-state index in [2.05, 4.69) is 15.9 Å². The normalized spacial score (nSPS) is 26.6. The average Bonchev–Trinajstić information content (AvgIpc) is 2.70. The van der Waals surface area contributed by atoms with Gasteiger partial charge in [-0.2, -0.15) is 0 Å². The molecule has 0 spiro atoms. The molecule has 1 aromatic carbocycles. The second-order valence-electron chi connectivity index (χ2n) is 6.51. The van der Waals surface area contributed by atoms with Gasteiger partial charge in [-0.15, -0.1) is 0 Å². The summed E-state index contributed by atoms with van der Waals surface area (Å²) in [6.07, 6.45) is 0.0159. The van der Waals surface area contributed by atoms with Gasteiger partial charge < -0.3 is 9.47 Å². The SMILES string of the molecule is Cc1ccc(C[C@@]2(CBr)O[C@H](C(C)(C)C)OC2=O)cc1. The summed E-state index contributed by atoms with van der Waals surface area (Å²) in [5.41, 5.74) is 1.12. The fourth-order valence-corrected chi connectivity index (χ4v) is 2.68. The third-order valence-corrected chi connectivity index (χ3v) is 4.36. The Morgan fingerprint density at radius 2 is 1.85 bits per heavy atom. The first-order chi connectivity index (χ1) is 9.27. The maximum atomic E-state index is 12.3. The van der Waals surface area contributed by atoms with Crippen molar-refractivity contribution in [2.45, 2.75) is 46.0 Å². The summed E-state index contributed by atoms with van der Waals surface area (Å²) < 4.78 is 11.4. The van der Waals surface area contributed by atoms with E-state index in [-0.39, 0.29) is 11.4 Å². The van der Waals surface area contributed by atoms with Gasteiger partial charge >= 0.3 is 5.97 Å². The summed E-state index contributed by atoms with van der Waals surface area (Å²) in [7, 11) is 0. The molecule has 1 aliphatic heterocycles. The average molecular weight is 341 g/mol. The lowest BCUT2D eigenvalue weighted by atomic mass is 9.94. The fourth-order valence-electron chi connectivity index (χ4n) is 2.12. The van der Waals surface area contributed by atoms with E-state index < -0.39 is 11.9 Å². The van der Waals surface area contributed by atoms with Crippen LogP contribution < -0.4 is 0 Å². The number of carbonyl (C=O) groups is 1. The molecule has 1 saturated heterocycles. The molecule has 110 valence electrons. The number of rotatable bonds is 3. The molecular formula is C16H21BrO3. The largest absolute Gasteiger partial charge is 0.433 e. The summed E-state index contributed by atoms with van der Waals surface area (Å²) in [5.74, 6) is -0.283. The monoisotopic (exact) mass is 340 g/mol. The zero-order valence-corrected chi connectivity index (χ0v) is 14.0. The van der Waals surface area contributed by atoms with Crippen LogP contribution in [-0.4, -0.2) is 23.2 Å². The fraction of sp³-hybridized carbons (Fsp3) is 0.562. The van der Waals surface area contributed by atoms with Gasteiger partial charge in [-0.1, -0.05) is 66.5 Å². The van der Waals surface area contributed by atoms with Crippen molar-refractivity contribution in [1.82, 2.24) is 0 Å². The first kappa shape index (κ1) is 15.5. The molecule has 3 nitrogen and oxygen atoms in total. The summed E-state index contributed by atoms with van der Waals surface area (Å²) in [4.78, 5) is 12.3. The van der Waals surface area contributed by atoms with Gasteiger partial charge in [-0.3, -0.25) is 0 Å². The van der Waals surface area contributed by atoms with Crippen molar-refractivity contribution in [1.29, 1.82) is 0 Å². The van der Waals surface area contributed by atoms with Gasteiger partial charge in [-0.05, 0) is 12.5 Å². The second-order valence-corrected chi connectivity index (χ2v) is 7.07.